The SMILES string of the molecule is [B]C(=O)[C@H](Cc1ccc(-n2c(=O)c(C)cn(C)c2=O)nc1)NC(=O)C1=C(F)C=C(NS(=O)(=O)c2ccc(NC(=O)C(C)(C)C)cc2)C(F)C1. The molecule has 3 aromatic rings. The highest BCUT2D eigenvalue weighted by Gasteiger charge is 2.32. The van der Waals surface area contributed by atoms with Gasteiger partial charge in [0.2, 0.25) is 5.91 Å². The van der Waals surface area contributed by atoms with Crippen molar-refractivity contribution in [2.45, 2.75) is 57.6 Å². The van der Waals surface area contributed by atoms with Crippen molar-refractivity contribution in [2.75, 3.05) is 5.32 Å². The van der Waals surface area contributed by atoms with E-state index in [-0.39, 0.29) is 23.0 Å². The Hall–Kier alpha value is -5.19. The Morgan fingerprint density at radius 1 is 1.10 bits per heavy atom. The minimum Gasteiger partial charge on any atom is -0.343 e. The van der Waals surface area contributed by atoms with E-state index in [4.69, 9.17) is 7.85 Å². The van der Waals surface area contributed by atoms with Crippen LogP contribution in [0.5, 0.6) is 0 Å². The Kier molecular flexibility index (Phi) is 10.6. The second-order valence-electron chi connectivity index (χ2n) is 12.4. The molecule has 0 bridgehead atoms. The predicted octanol–water partition coefficient (Wildman–Crippen LogP) is 1.77. The number of sulfonamides is 1. The molecule has 0 saturated carbocycles. The molecule has 1 aliphatic carbocycles. The Morgan fingerprint density at radius 2 is 1.76 bits per heavy atom. The van der Waals surface area contributed by atoms with Crippen LogP contribution in [0.4, 0.5) is 14.5 Å². The number of nitrogens with one attached hydrogen (secondary N) is 3. The molecule has 1 unspecified atom stereocenters. The molecule has 49 heavy (non-hydrogen) atoms. The van der Waals surface area contributed by atoms with Crippen LogP contribution in [0.2, 0.25) is 0 Å². The van der Waals surface area contributed by atoms with E-state index in [0.717, 1.165) is 4.57 Å². The molecule has 17 heteroatoms. The number of halogens is 2. The Morgan fingerprint density at radius 3 is 2.33 bits per heavy atom. The summed E-state index contributed by atoms with van der Waals surface area (Å²) in [5.41, 5.74) is -3.23. The number of alkyl halides is 1. The van der Waals surface area contributed by atoms with Gasteiger partial charge in [-0.15, -0.1) is 0 Å². The quantitative estimate of drug-likeness (QED) is 0.269. The molecule has 0 saturated heterocycles. The van der Waals surface area contributed by atoms with Crippen molar-refractivity contribution in [1.29, 1.82) is 0 Å². The van der Waals surface area contributed by atoms with Crippen molar-refractivity contribution in [2.24, 2.45) is 12.5 Å². The standard InChI is InChI=1S/C32H33BF2N6O7S/c1-17-16-40(5)31(46)41(29(17)44)26-11-6-18(15-36-26)12-25(27(33)42)38-28(43)21-13-23(35)24(14-22(21)34)39-49(47,48)20-9-7-19(8-10-20)37-30(45)32(2,3)4/h6-11,14-16,23,25,39H,12-13H2,1-5H3,(H,37,45)(H,38,43)/t23?,25-/m0/s1. The number of hydrogen-bond donors (Lipinski definition) is 3. The Bertz CT molecular complexity index is 2070. The summed E-state index contributed by atoms with van der Waals surface area (Å²) < 4.78 is 60.1. The third-order valence-electron chi connectivity index (χ3n) is 7.47. The van der Waals surface area contributed by atoms with Crippen LogP contribution in [0.25, 0.3) is 5.82 Å². The molecule has 2 heterocycles. The summed E-state index contributed by atoms with van der Waals surface area (Å²) in [4.78, 5) is 66.2. The summed E-state index contributed by atoms with van der Waals surface area (Å²) in [5.74, 6) is -2.66. The van der Waals surface area contributed by atoms with Crippen molar-refractivity contribution in [3.05, 3.63) is 104 Å². The Labute approximate surface area is 281 Å². The number of hydrogen-bond acceptors (Lipinski definition) is 8. The summed E-state index contributed by atoms with van der Waals surface area (Å²) in [6.45, 7) is 6.66. The minimum absolute atomic E-state index is 0.0148. The van der Waals surface area contributed by atoms with Gasteiger partial charge in [0.15, 0.2) is 7.85 Å². The number of carbonyl (C=O) groups is 3. The third-order valence-corrected chi connectivity index (χ3v) is 8.87. The number of anilines is 1. The molecule has 1 aliphatic rings. The molecule has 0 fully saturated rings. The van der Waals surface area contributed by atoms with E-state index in [2.05, 4.69) is 15.6 Å². The Balaban J connectivity index is 1.47. The zero-order chi connectivity index (χ0) is 36.4. The van der Waals surface area contributed by atoms with Gasteiger partial charge in [-0.05, 0) is 48.9 Å². The monoisotopic (exact) mass is 694 g/mol. The number of aromatic nitrogens is 3. The first-order valence-corrected chi connectivity index (χ1v) is 16.3. The summed E-state index contributed by atoms with van der Waals surface area (Å²) in [5, 5.41) is 4.92. The van der Waals surface area contributed by atoms with Crippen LogP contribution < -0.4 is 26.6 Å². The summed E-state index contributed by atoms with van der Waals surface area (Å²) in [7, 11) is 2.55. The molecule has 2 aromatic heterocycles. The zero-order valence-electron chi connectivity index (χ0n) is 27.2. The highest BCUT2D eigenvalue weighted by atomic mass is 32.2. The number of amides is 2. The lowest BCUT2D eigenvalue weighted by Gasteiger charge is -2.23. The normalized spacial score (nSPS) is 15.7. The smallest absolute Gasteiger partial charge is 0.336 e. The highest BCUT2D eigenvalue weighted by Crippen LogP contribution is 2.28. The van der Waals surface area contributed by atoms with Crippen LogP contribution in [0.3, 0.4) is 0 Å². The number of pyridine rings is 1. The van der Waals surface area contributed by atoms with Crippen molar-refractivity contribution >= 4 is 41.1 Å². The zero-order valence-corrected chi connectivity index (χ0v) is 28.0. The number of aryl methyl sites for hydroxylation is 2. The average Bonchev–Trinajstić information content (AvgIpc) is 3.01. The van der Waals surface area contributed by atoms with Crippen molar-refractivity contribution in [3.63, 3.8) is 0 Å². The highest BCUT2D eigenvalue weighted by molar-refractivity contribution is 7.89. The van der Waals surface area contributed by atoms with Gasteiger partial charge in [0, 0.05) is 48.9 Å². The van der Waals surface area contributed by atoms with Gasteiger partial charge in [0.1, 0.15) is 17.8 Å². The molecular weight excluding hydrogens is 661 g/mol. The largest absolute Gasteiger partial charge is 0.343 e. The van der Waals surface area contributed by atoms with Crippen molar-refractivity contribution in [1.82, 2.24) is 24.2 Å². The van der Waals surface area contributed by atoms with E-state index < -0.39 is 74.0 Å². The minimum atomic E-state index is -4.39. The van der Waals surface area contributed by atoms with Gasteiger partial charge < -0.3 is 20.0 Å². The van der Waals surface area contributed by atoms with E-state index in [0.29, 0.717) is 22.9 Å². The van der Waals surface area contributed by atoms with Gasteiger partial charge in [-0.3, -0.25) is 19.1 Å². The van der Waals surface area contributed by atoms with Gasteiger partial charge in [0.05, 0.1) is 27.9 Å². The van der Waals surface area contributed by atoms with Gasteiger partial charge in [-0.1, -0.05) is 26.8 Å². The molecule has 256 valence electrons. The third kappa shape index (κ3) is 8.46. The number of carbonyl (C=O) groups excluding carboxylic acids is 3. The molecule has 13 nitrogen and oxygen atoms in total. The van der Waals surface area contributed by atoms with Crippen LogP contribution >= 0.6 is 0 Å². The lowest BCUT2D eigenvalue weighted by atomic mass is 9.90. The maximum absolute atomic E-state index is 15.2. The second-order valence-corrected chi connectivity index (χ2v) is 14.1. The number of rotatable bonds is 10. The van der Waals surface area contributed by atoms with Gasteiger partial charge in [-0.25, -0.2) is 31.5 Å². The van der Waals surface area contributed by atoms with E-state index >= 15 is 8.78 Å². The molecule has 2 atom stereocenters. The molecule has 3 N–H and O–H groups in total. The fourth-order valence-corrected chi connectivity index (χ4v) is 5.75. The van der Waals surface area contributed by atoms with E-state index in [1.807, 2.05) is 4.72 Å². The van der Waals surface area contributed by atoms with Crippen LogP contribution in [0, 0.1) is 12.3 Å². The summed E-state index contributed by atoms with van der Waals surface area (Å²) in [6.07, 6.45) is -0.0209. The fourth-order valence-electron chi connectivity index (χ4n) is 4.64. The predicted molar refractivity (Wildman–Crippen MR) is 177 cm³/mol. The first-order chi connectivity index (χ1) is 22.8. The van der Waals surface area contributed by atoms with E-state index in [1.165, 1.54) is 67.3 Å². The van der Waals surface area contributed by atoms with E-state index in [1.54, 1.807) is 20.8 Å². The van der Waals surface area contributed by atoms with E-state index in [9.17, 15) is 32.4 Å². The van der Waals surface area contributed by atoms with Gasteiger partial charge >= 0.3 is 5.69 Å². The first-order valence-electron chi connectivity index (χ1n) is 14.8. The molecule has 0 aliphatic heterocycles. The van der Waals surface area contributed by atoms with Crippen LogP contribution in [-0.2, 0) is 37.9 Å². The van der Waals surface area contributed by atoms with Gasteiger partial charge in [-0.2, -0.15) is 0 Å². The van der Waals surface area contributed by atoms with Crippen LogP contribution in [0.1, 0.15) is 38.3 Å². The summed E-state index contributed by atoms with van der Waals surface area (Å²) >= 11 is 0. The van der Waals surface area contributed by atoms with Crippen LogP contribution in [-0.4, -0.2) is 60.1 Å². The number of nitrogens with zero attached hydrogens (tertiary/aromatic N) is 3. The second kappa shape index (κ2) is 14.1. The molecular formula is C32H33BF2N6O7S. The average molecular weight is 695 g/mol. The van der Waals surface area contributed by atoms with Gasteiger partial charge in [0.25, 0.3) is 21.5 Å². The number of benzene rings is 1. The van der Waals surface area contributed by atoms with Crippen LogP contribution in [0.15, 0.2) is 86.4 Å². The molecule has 1 aromatic carbocycles. The summed E-state index contributed by atoms with van der Waals surface area (Å²) in [6, 6.07) is 6.47. The first kappa shape index (κ1) is 36.6. The van der Waals surface area contributed by atoms with Crippen molar-refractivity contribution < 1.29 is 31.6 Å². The molecule has 2 amide bonds. The molecule has 0 spiro atoms. The van der Waals surface area contributed by atoms with Crippen molar-refractivity contribution in [3.8, 4) is 5.82 Å². The maximum atomic E-state index is 15.2. The molecule has 2 radical (unpaired) electrons. The lowest BCUT2D eigenvalue weighted by molar-refractivity contribution is -0.123. The number of allylic oxidation sites excluding steroid dienone is 3. The lowest BCUT2D eigenvalue weighted by Crippen LogP contribution is -2.44. The topological polar surface area (TPSA) is 178 Å². The molecule has 4 rings (SSSR count). The fraction of sp³-hybridized carbons (Fsp3) is 0.312. The maximum Gasteiger partial charge on any atom is 0.336 e.